The van der Waals surface area contributed by atoms with E-state index in [-0.39, 0.29) is 0 Å². The zero-order valence-corrected chi connectivity index (χ0v) is 13.8. The third kappa shape index (κ3) is 3.22. The predicted molar refractivity (Wildman–Crippen MR) is 85.5 cm³/mol. The van der Waals surface area contributed by atoms with Crippen molar-refractivity contribution in [1.82, 2.24) is 0 Å². The van der Waals surface area contributed by atoms with Crippen LogP contribution in [0.25, 0.3) is 0 Å². The Hall–Kier alpha value is -1.32. The number of benzene rings is 2. The van der Waals surface area contributed by atoms with Gasteiger partial charge in [0.25, 0.3) is 0 Å². The number of rotatable bonds is 3. The highest BCUT2D eigenvalue weighted by atomic mass is 79.9. The zero-order valence-electron chi connectivity index (χ0n) is 12.2. The van der Waals surface area contributed by atoms with Gasteiger partial charge in [0.2, 0.25) is 0 Å². The van der Waals surface area contributed by atoms with E-state index in [4.69, 9.17) is 4.74 Å². The van der Waals surface area contributed by atoms with Crippen molar-refractivity contribution in [3.8, 4) is 11.5 Å². The molecule has 0 aliphatic carbocycles. The minimum atomic E-state index is -0.499. The maximum atomic E-state index is 9.63. The van der Waals surface area contributed by atoms with Crippen LogP contribution in [0.4, 0.5) is 0 Å². The van der Waals surface area contributed by atoms with Crippen molar-refractivity contribution < 1.29 is 9.84 Å². The minimum absolute atomic E-state index is 0.499. The molecule has 0 spiro atoms. The van der Waals surface area contributed by atoms with Gasteiger partial charge in [0.05, 0.1) is 6.10 Å². The maximum Gasteiger partial charge on any atom is 0.130 e. The van der Waals surface area contributed by atoms with Gasteiger partial charge < -0.3 is 9.84 Å². The lowest BCUT2D eigenvalue weighted by molar-refractivity contribution is 0.198. The molecular formula is C17H19BrO2. The monoisotopic (exact) mass is 334 g/mol. The molecule has 1 atom stereocenters. The number of ether oxygens (including phenoxy) is 1. The summed E-state index contributed by atoms with van der Waals surface area (Å²) in [5, 5.41) is 9.63. The molecule has 0 saturated carbocycles. The highest BCUT2D eigenvalue weighted by Crippen LogP contribution is 2.32. The van der Waals surface area contributed by atoms with Crippen LogP contribution < -0.4 is 4.74 Å². The number of hydrogen-bond donors (Lipinski definition) is 1. The quantitative estimate of drug-likeness (QED) is 0.833. The number of aliphatic hydroxyl groups excluding tert-OH is 1. The number of hydrogen-bond acceptors (Lipinski definition) is 2. The van der Waals surface area contributed by atoms with Crippen LogP contribution in [0.15, 0.2) is 34.8 Å². The average molecular weight is 335 g/mol. The molecule has 0 amide bonds. The topological polar surface area (TPSA) is 29.5 Å². The largest absolute Gasteiger partial charge is 0.457 e. The van der Waals surface area contributed by atoms with Crippen LogP contribution >= 0.6 is 15.9 Å². The first-order valence-electron chi connectivity index (χ1n) is 6.61. The van der Waals surface area contributed by atoms with Gasteiger partial charge in [0, 0.05) is 4.47 Å². The van der Waals surface area contributed by atoms with Gasteiger partial charge in [-0.1, -0.05) is 28.1 Å². The Morgan fingerprint density at radius 3 is 2.40 bits per heavy atom. The summed E-state index contributed by atoms with van der Waals surface area (Å²) in [6, 6.07) is 9.83. The van der Waals surface area contributed by atoms with Crippen molar-refractivity contribution in [1.29, 1.82) is 0 Å². The second kappa shape index (κ2) is 5.98. The summed E-state index contributed by atoms with van der Waals surface area (Å²) in [4.78, 5) is 0. The van der Waals surface area contributed by atoms with E-state index < -0.39 is 6.10 Å². The van der Waals surface area contributed by atoms with Crippen molar-refractivity contribution in [2.24, 2.45) is 0 Å². The van der Waals surface area contributed by atoms with E-state index in [9.17, 15) is 5.11 Å². The molecule has 2 aromatic carbocycles. The number of halogens is 1. The third-order valence-corrected chi connectivity index (χ3v) is 4.10. The van der Waals surface area contributed by atoms with Crippen LogP contribution in [0.5, 0.6) is 11.5 Å². The van der Waals surface area contributed by atoms with Crippen LogP contribution in [-0.2, 0) is 0 Å². The Labute approximate surface area is 128 Å². The lowest BCUT2D eigenvalue weighted by Gasteiger charge is -2.14. The molecule has 3 heteroatoms. The molecule has 0 saturated heterocycles. The molecule has 0 aliphatic rings. The smallest absolute Gasteiger partial charge is 0.130 e. The average Bonchev–Trinajstić information content (AvgIpc) is 2.35. The molecule has 2 aromatic rings. The van der Waals surface area contributed by atoms with Gasteiger partial charge in [-0.15, -0.1) is 0 Å². The molecule has 0 fully saturated rings. The van der Waals surface area contributed by atoms with Gasteiger partial charge in [0.1, 0.15) is 11.5 Å². The van der Waals surface area contributed by atoms with E-state index in [0.29, 0.717) is 0 Å². The van der Waals surface area contributed by atoms with E-state index in [1.807, 2.05) is 24.3 Å². The Kier molecular flexibility index (Phi) is 4.51. The first kappa shape index (κ1) is 15.1. The first-order valence-corrected chi connectivity index (χ1v) is 7.41. The Morgan fingerprint density at radius 2 is 1.80 bits per heavy atom. The van der Waals surface area contributed by atoms with E-state index in [1.165, 1.54) is 11.1 Å². The van der Waals surface area contributed by atoms with Crippen LogP contribution in [0, 0.1) is 20.8 Å². The van der Waals surface area contributed by atoms with Gasteiger partial charge in [-0.25, -0.2) is 0 Å². The molecule has 20 heavy (non-hydrogen) atoms. The second-order valence-electron chi connectivity index (χ2n) is 5.17. The number of aliphatic hydroxyl groups is 1. The summed E-state index contributed by atoms with van der Waals surface area (Å²) in [7, 11) is 0. The van der Waals surface area contributed by atoms with Gasteiger partial charge >= 0.3 is 0 Å². The molecule has 0 aromatic heterocycles. The molecule has 106 valence electrons. The van der Waals surface area contributed by atoms with Crippen LogP contribution in [-0.4, -0.2) is 5.11 Å². The van der Waals surface area contributed by atoms with E-state index in [1.54, 1.807) is 6.92 Å². The zero-order chi connectivity index (χ0) is 14.9. The molecule has 0 aliphatic heterocycles. The predicted octanol–water partition coefficient (Wildman–Crippen LogP) is 5.22. The molecular weight excluding hydrogens is 316 g/mol. The maximum absolute atomic E-state index is 9.63. The molecule has 0 heterocycles. The Bertz CT molecular complexity index is 633. The third-order valence-electron chi connectivity index (χ3n) is 3.41. The minimum Gasteiger partial charge on any atom is -0.457 e. The molecule has 2 nitrogen and oxygen atoms in total. The van der Waals surface area contributed by atoms with Crippen LogP contribution in [0.3, 0.4) is 0 Å². The summed E-state index contributed by atoms with van der Waals surface area (Å²) in [5.41, 5.74) is 4.41. The van der Waals surface area contributed by atoms with E-state index in [2.05, 4.69) is 42.8 Å². The fraction of sp³-hybridized carbons (Fsp3) is 0.294. The molecule has 0 bridgehead atoms. The van der Waals surface area contributed by atoms with Gasteiger partial charge in [-0.3, -0.25) is 0 Å². The lowest BCUT2D eigenvalue weighted by Crippen LogP contribution is -1.95. The number of aryl methyl sites for hydroxylation is 2. The normalized spacial score (nSPS) is 12.3. The van der Waals surface area contributed by atoms with Crippen molar-refractivity contribution in [3.05, 3.63) is 57.1 Å². The Morgan fingerprint density at radius 1 is 1.10 bits per heavy atom. The van der Waals surface area contributed by atoms with E-state index in [0.717, 1.165) is 27.1 Å². The fourth-order valence-electron chi connectivity index (χ4n) is 2.14. The summed E-state index contributed by atoms with van der Waals surface area (Å²) >= 11 is 3.47. The summed E-state index contributed by atoms with van der Waals surface area (Å²) in [5.74, 6) is 1.63. The van der Waals surface area contributed by atoms with Crippen molar-refractivity contribution >= 4 is 15.9 Å². The standard InChI is InChI=1S/C17H19BrO2/c1-10-7-11(2)12(3)17(8-10)20-14-5-6-15(13(4)19)16(18)9-14/h5-9,13,19H,1-4H3. The van der Waals surface area contributed by atoms with E-state index >= 15 is 0 Å². The summed E-state index contributed by atoms with van der Waals surface area (Å²) in [6.45, 7) is 7.95. The first-order chi connectivity index (χ1) is 9.38. The fourth-order valence-corrected chi connectivity index (χ4v) is 2.83. The highest BCUT2D eigenvalue weighted by molar-refractivity contribution is 9.10. The van der Waals surface area contributed by atoms with Crippen molar-refractivity contribution in [2.45, 2.75) is 33.8 Å². The second-order valence-corrected chi connectivity index (χ2v) is 6.02. The van der Waals surface area contributed by atoms with Gasteiger partial charge in [-0.2, -0.15) is 0 Å². The molecule has 1 N–H and O–H groups in total. The van der Waals surface area contributed by atoms with Gasteiger partial charge in [-0.05, 0) is 68.1 Å². The molecule has 0 radical (unpaired) electrons. The summed E-state index contributed by atoms with van der Waals surface area (Å²) < 4.78 is 6.83. The van der Waals surface area contributed by atoms with Crippen LogP contribution in [0.1, 0.15) is 35.3 Å². The summed E-state index contributed by atoms with van der Waals surface area (Å²) in [6.07, 6.45) is -0.499. The van der Waals surface area contributed by atoms with Crippen molar-refractivity contribution in [3.63, 3.8) is 0 Å². The SMILES string of the molecule is Cc1cc(C)c(C)c(Oc2ccc(C(C)O)c(Br)c2)c1. The van der Waals surface area contributed by atoms with Crippen LogP contribution in [0.2, 0.25) is 0 Å². The lowest BCUT2D eigenvalue weighted by atomic mass is 10.1. The Balaban J connectivity index is 2.33. The van der Waals surface area contributed by atoms with Crippen molar-refractivity contribution in [2.75, 3.05) is 0 Å². The highest BCUT2D eigenvalue weighted by Gasteiger charge is 2.09. The van der Waals surface area contributed by atoms with Gasteiger partial charge in [0.15, 0.2) is 0 Å². The molecule has 2 rings (SSSR count). The molecule has 1 unspecified atom stereocenters.